The van der Waals surface area contributed by atoms with E-state index in [1.807, 2.05) is 0 Å². The zero-order valence-electron chi connectivity index (χ0n) is 16.3. The first-order valence-electron chi connectivity index (χ1n) is 9.91. The second-order valence-electron chi connectivity index (χ2n) is 7.87. The minimum atomic E-state index is -0.492. The molecule has 1 N–H and O–H groups in total. The lowest BCUT2D eigenvalue weighted by Crippen LogP contribution is -2.51. The van der Waals surface area contributed by atoms with Crippen molar-refractivity contribution in [1.82, 2.24) is 10.2 Å². The molecule has 2 unspecified atom stereocenters. The van der Waals surface area contributed by atoms with Crippen LogP contribution in [0.4, 0.5) is 11.4 Å². The van der Waals surface area contributed by atoms with Crippen LogP contribution in [0.15, 0.2) is 18.2 Å². The molecule has 0 aromatic heterocycles. The van der Waals surface area contributed by atoms with Gasteiger partial charge in [0.2, 0.25) is 5.91 Å². The lowest BCUT2D eigenvalue weighted by atomic mass is 9.87. The highest BCUT2D eigenvalue weighted by Gasteiger charge is 2.24. The molecule has 0 bridgehead atoms. The monoisotopic (exact) mass is 385 g/mol. The fourth-order valence-electron chi connectivity index (χ4n) is 4.19. The molecular weight excluding hydrogens is 358 g/mol. The molecule has 8 heteroatoms. The smallest absolute Gasteiger partial charge is 0.270 e. The number of amides is 1. The number of non-ortho nitro benzene ring substituents is 1. The Bertz CT molecular complexity index is 768. The number of carbonyl (C=O) groups excluding carboxylic acids is 1. The van der Waals surface area contributed by atoms with Crippen LogP contribution in [0.5, 0.6) is 0 Å². The van der Waals surface area contributed by atoms with Gasteiger partial charge in [-0.15, -0.1) is 0 Å². The van der Waals surface area contributed by atoms with Gasteiger partial charge in [-0.05, 0) is 24.8 Å². The third-order valence-corrected chi connectivity index (χ3v) is 5.69. The number of nitro groups is 1. The molecule has 0 spiro atoms. The standard InChI is InChI=1S/C20H27N5O3/c1-15-3-2-4-17(11-15)22-20(26)14-23-7-9-24(10-8-23)19-6-5-18(25(27)28)12-16(19)13-21/h5-6,12,15,17H,2-4,7-11,14H2,1H3,(H,22,26). The Morgan fingerprint density at radius 1 is 1.32 bits per heavy atom. The van der Waals surface area contributed by atoms with Gasteiger partial charge in [-0.25, -0.2) is 0 Å². The van der Waals surface area contributed by atoms with Gasteiger partial charge in [-0.3, -0.25) is 19.8 Å². The van der Waals surface area contributed by atoms with E-state index in [-0.39, 0.29) is 11.6 Å². The van der Waals surface area contributed by atoms with Gasteiger partial charge >= 0.3 is 0 Å². The maximum Gasteiger partial charge on any atom is 0.270 e. The SMILES string of the molecule is CC1CCCC(NC(=O)CN2CCN(c3ccc([N+](=O)[O-])cc3C#N)CC2)C1. The van der Waals surface area contributed by atoms with Gasteiger partial charge in [0.05, 0.1) is 22.7 Å². The fraction of sp³-hybridized carbons (Fsp3) is 0.600. The summed E-state index contributed by atoms with van der Waals surface area (Å²) in [6.45, 7) is 5.43. The van der Waals surface area contributed by atoms with Crippen LogP contribution >= 0.6 is 0 Å². The molecule has 1 aliphatic heterocycles. The summed E-state index contributed by atoms with van der Waals surface area (Å²) in [5.41, 5.74) is 0.952. The van der Waals surface area contributed by atoms with E-state index in [2.05, 4.69) is 28.1 Å². The van der Waals surface area contributed by atoms with Crippen LogP contribution in [0.25, 0.3) is 0 Å². The lowest BCUT2D eigenvalue weighted by molar-refractivity contribution is -0.384. The maximum absolute atomic E-state index is 12.4. The molecule has 2 atom stereocenters. The van der Waals surface area contributed by atoms with E-state index in [0.29, 0.717) is 42.8 Å². The van der Waals surface area contributed by atoms with E-state index in [9.17, 15) is 20.2 Å². The number of piperazine rings is 1. The predicted octanol–water partition coefficient (Wildman–Crippen LogP) is 2.28. The van der Waals surface area contributed by atoms with Crippen molar-refractivity contribution in [2.45, 2.75) is 38.6 Å². The molecule has 8 nitrogen and oxygen atoms in total. The second kappa shape index (κ2) is 9.02. The number of nitro benzene ring substituents is 1. The van der Waals surface area contributed by atoms with E-state index in [1.54, 1.807) is 6.07 Å². The number of nitriles is 1. The Balaban J connectivity index is 1.51. The number of carbonyl (C=O) groups is 1. The molecule has 28 heavy (non-hydrogen) atoms. The molecular formula is C20H27N5O3. The number of benzene rings is 1. The fourth-order valence-corrected chi connectivity index (χ4v) is 4.19. The number of anilines is 1. The van der Waals surface area contributed by atoms with Crippen LogP contribution < -0.4 is 10.2 Å². The zero-order valence-corrected chi connectivity index (χ0v) is 16.3. The third kappa shape index (κ3) is 4.98. The maximum atomic E-state index is 12.4. The summed E-state index contributed by atoms with van der Waals surface area (Å²) in [4.78, 5) is 27.0. The summed E-state index contributed by atoms with van der Waals surface area (Å²) in [6.07, 6.45) is 4.57. The number of nitrogens with zero attached hydrogens (tertiary/aromatic N) is 4. The van der Waals surface area contributed by atoms with Crippen LogP contribution in [0.3, 0.4) is 0 Å². The third-order valence-electron chi connectivity index (χ3n) is 5.69. The normalized spacial score (nSPS) is 23.1. The Kier molecular flexibility index (Phi) is 6.47. The minimum absolute atomic E-state index is 0.0763. The van der Waals surface area contributed by atoms with Crippen molar-refractivity contribution in [2.24, 2.45) is 5.92 Å². The molecule has 1 aromatic carbocycles. The number of hydrogen-bond acceptors (Lipinski definition) is 6. The van der Waals surface area contributed by atoms with E-state index in [0.717, 1.165) is 25.9 Å². The van der Waals surface area contributed by atoms with Crippen molar-refractivity contribution in [3.05, 3.63) is 33.9 Å². The van der Waals surface area contributed by atoms with Crippen molar-refractivity contribution in [1.29, 1.82) is 5.26 Å². The molecule has 0 radical (unpaired) electrons. The highest BCUT2D eigenvalue weighted by molar-refractivity contribution is 5.78. The molecule has 1 aromatic rings. The van der Waals surface area contributed by atoms with Crippen molar-refractivity contribution in [2.75, 3.05) is 37.6 Å². The summed E-state index contributed by atoms with van der Waals surface area (Å²) in [5.74, 6) is 0.763. The molecule has 1 aliphatic carbocycles. The summed E-state index contributed by atoms with van der Waals surface area (Å²) in [7, 11) is 0. The first-order chi connectivity index (χ1) is 13.5. The summed E-state index contributed by atoms with van der Waals surface area (Å²) < 4.78 is 0. The van der Waals surface area contributed by atoms with Crippen LogP contribution in [0.1, 0.15) is 38.2 Å². The van der Waals surface area contributed by atoms with Gasteiger partial charge in [0.25, 0.3) is 5.69 Å². The van der Waals surface area contributed by atoms with Gasteiger partial charge in [0.15, 0.2) is 0 Å². The van der Waals surface area contributed by atoms with E-state index in [4.69, 9.17) is 0 Å². The van der Waals surface area contributed by atoms with Gasteiger partial charge in [-0.1, -0.05) is 19.8 Å². The first-order valence-corrected chi connectivity index (χ1v) is 9.91. The summed E-state index contributed by atoms with van der Waals surface area (Å²) in [5, 5.41) is 23.4. The number of nitrogens with one attached hydrogen (secondary N) is 1. The highest BCUT2D eigenvalue weighted by Crippen LogP contribution is 2.26. The first kappa shape index (κ1) is 20.1. The van der Waals surface area contributed by atoms with E-state index < -0.39 is 4.92 Å². The van der Waals surface area contributed by atoms with Crippen molar-refractivity contribution in [3.8, 4) is 6.07 Å². The average Bonchev–Trinajstić information content (AvgIpc) is 2.68. The van der Waals surface area contributed by atoms with Crippen LogP contribution in [-0.2, 0) is 4.79 Å². The predicted molar refractivity (Wildman–Crippen MR) is 106 cm³/mol. The molecule has 1 heterocycles. The van der Waals surface area contributed by atoms with Gasteiger partial charge in [0.1, 0.15) is 6.07 Å². The molecule has 1 saturated heterocycles. The highest BCUT2D eigenvalue weighted by atomic mass is 16.6. The molecule has 2 aliphatic rings. The minimum Gasteiger partial charge on any atom is -0.368 e. The number of hydrogen-bond donors (Lipinski definition) is 1. The quantitative estimate of drug-likeness (QED) is 0.616. The van der Waals surface area contributed by atoms with Crippen LogP contribution in [0, 0.1) is 27.4 Å². The van der Waals surface area contributed by atoms with E-state index >= 15 is 0 Å². The Hall–Kier alpha value is -2.66. The van der Waals surface area contributed by atoms with Crippen LogP contribution in [-0.4, -0.2) is 54.5 Å². The summed E-state index contributed by atoms with van der Waals surface area (Å²) >= 11 is 0. The topological polar surface area (TPSA) is 103 Å². The van der Waals surface area contributed by atoms with Gasteiger partial charge < -0.3 is 10.2 Å². The molecule has 1 saturated carbocycles. The number of rotatable bonds is 5. The lowest BCUT2D eigenvalue weighted by Gasteiger charge is -2.36. The van der Waals surface area contributed by atoms with Gasteiger partial charge in [-0.2, -0.15) is 5.26 Å². The average molecular weight is 385 g/mol. The Morgan fingerprint density at radius 2 is 2.07 bits per heavy atom. The van der Waals surface area contributed by atoms with Crippen molar-refractivity contribution < 1.29 is 9.72 Å². The molecule has 150 valence electrons. The molecule has 1 amide bonds. The van der Waals surface area contributed by atoms with Crippen molar-refractivity contribution in [3.63, 3.8) is 0 Å². The Morgan fingerprint density at radius 3 is 2.71 bits per heavy atom. The van der Waals surface area contributed by atoms with Crippen LogP contribution in [0.2, 0.25) is 0 Å². The molecule has 3 rings (SSSR count). The molecule has 2 fully saturated rings. The largest absolute Gasteiger partial charge is 0.368 e. The zero-order chi connectivity index (χ0) is 20.1. The van der Waals surface area contributed by atoms with Gasteiger partial charge in [0, 0.05) is 44.4 Å². The summed E-state index contributed by atoms with van der Waals surface area (Å²) in [6, 6.07) is 6.75. The van der Waals surface area contributed by atoms with Crippen molar-refractivity contribution >= 4 is 17.3 Å². The second-order valence-corrected chi connectivity index (χ2v) is 7.87. The Labute approximate surface area is 165 Å². The van der Waals surface area contributed by atoms with E-state index in [1.165, 1.54) is 25.0 Å².